The number of fused-ring (bicyclic) bond motifs is 4. The molecule has 3 atom stereocenters. The first kappa shape index (κ1) is 20.5. The quantitative estimate of drug-likeness (QED) is 0.418. The molecule has 9 heteroatoms. The van der Waals surface area contributed by atoms with Crippen LogP contribution in [0.2, 0.25) is 10.0 Å². The van der Waals surface area contributed by atoms with Crippen LogP contribution in [0.4, 0.5) is 0 Å². The van der Waals surface area contributed by atoms with E-state index in [1.807, 2.05) is 11.8 Å². The lowest BCUT2D eigenvalue weighted by Gasteiger charge is -2.55. The number of hydrogen-bond acceptors (Lipinski definition) is 5. The first-order valence-electron chi connectivity index (χ1n) is 8.75. The molecule has 0 aromatic heterocycles. The molecule has 148 valence electrons. The van der Waals surface area contributed by atoms with Gasteiger partial charge >= 0.3 is 5.97 Å². The van der Waals surface area contributed by atoms with Crippen molar-refractivity contribution < 1.29 is 19.0 Å². The van der Waals surface area contributed by atoms with Crippen molar-refractivity contribution in [2.45, 2.75) is 32.0 Å². The molecule has 0 amide bonds. The highest BCUT2D eigenvalue weighted by molar-refractivity contribution is 7.80. The highest BCUT2D eigenvalue weighted by atomic mass is 35.5. The molecule has 0 radical (unpaired) electrons. The summed E-state index contributed by atoms with van der Waals surface area (Å²) >= 11 is 18.2. The topological polar surface area (TPSA) is 60.0 Å². The molecule has 2 aliphatic rings. The predicted octanol–water partition coefficient (Wildman–Crippen LogP) is 3.55. The molecule has 2 aliphatic heterocycles. The van der Waals surface area contributed by atoms with Crippen LogP contribution in [0.15, 0.2) is 12.1 Å². The fourth-order valence-electron chi connectivity index (χ4n) is 3.75. The van der Waals surface area contributed by atoms with Crippen molar-refractivity contribution in [1.29, 1.82) is 0 Å². The van der Waals surface area contributed by atoms with E-state index in [-0.39, 0.29) is 12.6 Å². The summed E-state index contributed by atoms with van der Waals surface area (Å²) in [6, 6.07) is 2.93. The molecule has 0 saturated carbocycles. The Kier molecular flexibility index (Phi) is 6.05. The van der Waals surface area contributed by atoms with Crippen LogP contribution in [-0.2, 0) is 14.3 Å². The molecule has 27 heavy (non-hydrogen) atoms. The minimum absolute atomic E-state index is 0.273. The van der Waals surface area contributed by atoms with Gasteiger partial charge in [0.15, 0.2) is 10.8 Å². The summed E-state index contributed by atoms with van der Waals surface area (Å²) < 4.78 is 16.8. The van der Waals surface area contributed by atoms with E-state index in [0.29, 0.717) is 39.6 Å². The number of esters is 1. The third kappa shape index (κ3) is 3.58. The Bertz CT molecular complexity index is 763. The number of ether oxygens (including phenoxy) is 3. The second-order valence-electron chi connectivity index (χ2n) is 6.62. The largest absolute Gasteiger partial charge is 0.466 e. The Labute approximate surface area is 174 Å². The standard InChI is InChI=1S/C18H22Cl2N2O4S/c1-4-25-16(23)13-14-11-8-10(19)9-12(20)15(11)26-18(13,2)22(17(27)21-14)6-5-7-24-3/h8-9,13-14H,4-7H2,1-3H3,(H,21,27)/t13-,14-,18+/m1/s1. The van der Waals surface area contributed by atoms with Gasteiger partial charge in [0.2, 0.25) is 0 Å². The maximum Gasteiger partial charge on any atom is 0.317 e. The number of nitrogens with zero attached hydrogens (tertiary/aromatic N) is 1. The minimum atomic E-state index is -1.04. The molecule has 3 rings (SSSR count). The normalized spacial score (nSPS) is 26.1. The fraction of sp³-hybridized carbons (Fsp3) is 0.556. The van der Waals surface area contributed by atoms with Gasteiger partial charge < -0.3 is 24.4 Å². The summed E-state index contributed by atoms with van der Waals surface area (Å²) in [5, 5.41) is 4.62. The first-order valence-corrected chi connectivity index (χ1v) is 9.91. The van der Waals surface area contributed by atoms with E-state index in [2.05, 4.69) is 5.32 Å². The van der Waals surface area contributed by atoms with Gasteiger partial charge in [0.1, 0.15) is 11.7 Å². The van der Waals surface area contributed by atoms with Gasteiger partial charge in [-0.25, -0.2) is 0 Å². The van der Waals surface area contributed by atoms with Gasteiger partial charge in [0.05, 0.1) is 17.7 Å². The molecule has 2 heterocycles. The number of carbonyl (C=O) groups excluding carboxylic acids is 1. The lowest BCUT2D eigenvalue weighted by molar-refractivity contribution is -0.175. The Morgan fingerprint density at radius 3 is 2.85 bits per heavy atom. The van der Waals surface area contributed by atoms with Gasteiger partial charge in [0, 0.05) is 30.8 Å². The average Bonchev–Trinajstić information content (AvgIpc) is 2.59. The molecule has 0 spiro atoms. The van der Waals surface area contributed by atoms with Crippen LogP contribution >= 0.6 is 35.4 Å². The monoisotopic (exact) mass is 432 g/mol. The van der Waals surface area contributed by atoms with Crippen LogP contribution in [0, 0.1) is 5.92 Å². The van der Waals surface area contributed by atoms with E-state index in [1.165, 1.54) is 0 Å². The highest BCUT2D eigenvalue weighted by Crippen LogP contribution is 2.51. The number of nitrogens with one attached hydrogen (secondary N) is 1. The Morgan fingerprint density at radius 1 is 1.44 bits per heavy atom. The maximum atomic E-state index is 12.9. The summed E-state index contributed by atoms with van der Waals surface area (Å²) in [6.45, 7) is 5.01. The molecule has 2 bridgehead atoms. The predicted molar refractivity (Wildman–Crippen MR) is 107 cm³/mol. The van der Waals surface area contributed by atoms with E-state index >= 15 is 0 Å². The Hall–Kier alpha value is -1.28. The van der Waals surface area contributed by atoms with Crippen LogP contribution in [0.1, 0.15) is 31.9 Å². The van der Waals surface area contributed by atoms with Crippen molar-refractivity contribution in [2.24, 2.45) is 5.92 Å². The molecule has 1 saturated heterocycles. The molecule has 1 N–H and O–H groups in total. The summed E-state index contributed by atoms with van der Waals surface area (Å²) in [6.07, 6.45) is 0.721. The zero-order valence-electron chi connectivity index (χ0n) is 15.4. The summed E-state index contributed by atoms with van der Waals surface area (Å²) in [7, 11) is 1.64. The van der Waals surface area contributed by atoms with E-state index in [4.69, 9.17) is 49.6 Å². The van der Waals surface area contributed by atoms with Gasteiger partial charge in [-0.15, -0.1) is 0 Å². The van der Waals surface area contributed by atoms with Gasteiger partial charge in [-0.1, -0.05) is 23.2 Å². The van der Waals surface area contributed by atoms with Crippen LogP contribution < -0.4 is 10.1 Å². The number of benzene rings is 1. The van der Waals surface area contributed by atoms with Gasteiger partial charge in [0.25, 0.3) is 0 Å². The third-order valence-electron chi connectivity index (χ3n) is 4.92. The zero-order chi connectivity index (χ0) is 19.8. The zero-order valence-corrected chi connectivity index (χ0v) is 17.7. The minimum Gasteiger partial charge on any atom is -0.466 e. The molecule has 6 nitrogen and oxygen atoms in total. The van der Waals surface area contributed by atoms with E-state index in [9.17, 15) is 4.79 Å². The number of thiocarbonyl (C=S) groups is 1. The number of carbonyl (C=O) groups is 1. The lowest BCUT2D eigenvalue weighted by Crippen LogP contribution is -2.71. The number of rotatable bonds is 6. The molecule has 0 aliphatic carbocycles. The van der Waals surface area contributed by atoms with Crippen LogP contribution in [-0.4, -0.2) is 48.6 Å². The van der Waals surface area contributed by atoms with E-state index in [0.717, 1.165) is 6.42 Å². The van der Waals surface area contributed by atoms with Gasteiger partial charge in [-0.3, -0.25) is 4.79 Å². The number of hydrogen-bond donors (Lipinski definition) is 1. The second-order valence-corrected chi connectivity index (χ2v) is 7.85. The molecule has 0 unspecified atom stereocenters. The second kappa shape index (κ2) is 7.99. The van der Waals surface area contributed by atoms with Crippen molar-refractivity contribution >= 4 is 46.5 Å². The third-order valence-corrected chi connectivity index (χ3v) is 5.76. The molecule has 1 aromatic carbocycles. The Balaban J connectivity index is 2.09. The van der Waals surface area contributed by atoms with Crippen molar-refractivity contribution in [2.75, 3.05) is 26.9 Å². The maximum absolute atomic E-state index is 12.9. The molecular formula is C18H22Cl2N2O4S. The van der Waals surface area contributed by atoms with Crippen LogP contribution in [0.5, 0.6) is 5.75 Å². The van der Waals surface area contributed by atoms with Crippen LogP contribution in [0.25, 0.3) is 0 Å². The molecule has 1 aromatic rings. The highest BCUT2D eigenvalue weighted by Gasteiger charge is 2.59. The molecule has 1 fully saturated rings. The van der Waals surface area contributed by atoms with E-state index in [1.54, 1.807) is 26.2 Å². The van der Waals surface area contributed by atoms with Crippen LogP contribution in [0.3, 0.4) is 0 Å². The summed E-state index contributed by atoms with van der Waals surface area (Å²) in [4.78, 5) is 14.7. The van der Waals surface area contributed by atoms with Gasteiger partial charge in [-0.2, -0.15) is 0 Å². The fourth-order valence-corrected chi connectivity index (χ4v) is 4.70. The first-order chi connectivity index (χ1) is 12.8. The summed E-state index contributed by atoms with van der Waals surface area (Å²) in [5.74, 6) is -0.506. The Morgan fingerprint density at radius 2 is 2.19 bits per heavy atom. The number of methoxy groups -OCH3 is 1. The van der Waals surface area contributed by atoms with Gasteiger partial charge in [-0.05, 0) is 44.6 Å². The molecular weight excluding hydrogens is 411 g/mol. The van der Waals surface area contributed by atoms with E-state index < -0.39 is 17.7 Å². The van der Waals surface area contributed by atoms with Crippen molar-refractivity contribution in [3.63, 3.8) is 0 Å². The van der Waals surface area contributed by atoms with Crippen molar-refractivity contribution in [3.8, 4) is 5.75 Å². The summed E-state index contributed by atoms with van der Waals surface area (Å²) in [5.41, 5.74) is -0.348. The number of halogens is 2. The van der Waals surface area contributed by atoms with Crippen molar-refractivity contribution in [3.05, 3.63) is 27.7 Å². The average molecular weight is 433 g/mol. The SMILES string of the molecule is CCOC(=O)[C@H]1[C@@H]2NC(=S)N(CCCOC)[C@@]1(C)Oc1c(Cl)cc(Cl)cc12. The lowest BCUT2D eigenvalue weighted by atomic mass is 9.79. The van der Waals surface area contributed by atoms with Crippen molar-refractivity contribution in [1.82, 2.24) is 10.2 Å². The smallest absolute Gasteiger partial charge is 0.317 e.